The largest absolute Gasteiger partial charge is 0.493 e. The summed E-state index contributed by atoms with van der Waals surface area (Å²) in [6.45, 7) is 8.50. The van der Waals surface area contributed by atoms with Crippen LogP contribution in [0, 0.1) is 0 Å². The molecule has 2 aliphatic rings. The average Bonchev–Trinajstić information content (AvgIpc) is 3.38. The second-order valence-corrected chi connectivity index (χ2v) is 8.62. The maximum atomic E-state index is 12.4. The quantitative estimate of drug-likeness (QED) is 0.322. The molecule has 0 spiro atoms. The second kappa shape index (κ2) is 11.1. The van der Waals surface area contributed by atoms with Crippen molar-refractivity contribution in [2.45, 2.75) is 58.1 Å². The van der Waals surface area contributed by atoms with Gasteiger partial charge >= 0.3 is 6.09 Å². The standard InChI is InChI=1S/C22H34N4O3.HI/c1-22(2,3)29-21(27)26(18-6-7-18)13-12-25-20(23-4)24-11-9-16-5-8-19-17(15-16)10-14-28-19;/h5,8,15,18H,6-7,9-14H2,1-4H3,(H2,23,24,25);1H. The van der Waals surface area contributed by atoms with Gasteiger partial charge in [0.15, 0.2) is 5.96 Å². The number of hydrogen-bond acceptors (Lipinski definition) is 4. The number of aliphatic imine (C=N–C) groups is 1. The monoisotopic (exact) mass is 530 g/mol. The molecule has 1 aliphatic carbocycles. The first-order valence-corrected chi connectivity index (χ1v) is 10.5. The molecule has 1 aromatic rings. The molecule has 7 nitrogen and oxygen atoms in total. The fourth-order valence-corrected chi connectivity index (χ4v) is 3.37. The van der Waals surface area contributed by atoms with E-state index in [1.807, 2.05) is 25.7 Å². The fourth-order valence-electron chi connectivity index (χ4n) is 3.37. The van der Waals surface area contributed by atoms with Crippen molar-refractivity contribution in [2.75, 3.05) is 33.3 Å². The minimum atomic E-state index is -0.473. The Morgan fingerprint density at radius 3 is 2.67 bits per heavy atom. The van der Waals surface area contributed by atoms with Crippen LogP contribution in [0.1, 0.15) is 44.7 Å². The highest BCUT2D eigenvalue weighted by Crippen LogP contribution is 2.28. The Hall–Kier alpha value is -1.71. The molecule has 30 heavy (non-hydrogen) atoms. The Labute approximate surface area is 197 Å². The molecule has 2 N–H and O–H groups in total. The molecular formula is C22H35IN4O3. The molecule has 0 bridgehead atoms. The summed E-state index contributed by atoms with van der Waals surface area (Å²) in [6, 6.07) is 6.73. The number of halogens is 1. The zero-order chi connectivity index (χ0) is 20.9. The van der Waals surface area contributed by atoms with Gasteiger partial charge in [-0.15, -0.1) is 24.0 Å². The van der Waals surface area contributed by atoms with Gasteiger partial charge < -0.3 is 25.0 Å². The van der Waals surface area contributed by atoms with Crippen molar-refractivity contribution in [2.24, 2.45) is 4.99 Å². The van der Waals surface area contributed by atoms with Crippen molar-refractivity contribution in [1.29, 1.82) is 0 Å². The van der Waals surface area contributed by atoms with Gasteiger partial charge in [-0.05, 0) is 57.2 Å². The molecular weight excluding hydrogens is 495 g/mol. The van der Waals surface area contributed by atoms with E-state index in [2.05, 4.69) is 33.8 Å². The minimum absolute atomic E-state index is 0. The van der Waals surface area contributed by atoms with Crippen LogP contribution in [-0.4, -0.2) is 61.9 Å². The molecule has 0 saturated heterocycles. The van der Waals surface area contributed by atoms with Gasteiger partial charge in [-0.2, -0.15) is 0 Å². The number of carbonyl (C=O) groups is 1. The number of amides is 1. The van der Waals surface area contributed by atoms with E-state index in [9.17, 15) is 4.79 Å². The summed E-state index contributed by atoms with van der Waals surface area (Å²) >= 11 is 0. The SMILES string of the molecule is CN=C(NCCc1ccc2c(c1)CCO2)NCCN(C(=O)OC(C)(C)C)C1CC1.I. The average molecular weight is 530 g/mol. The molecule has 1 aromatic carbocycles. The van der Waals surface area contributed by atoms with Crippen LogP contribution < -0.4 is 15.4 Å². The van der Waals surface area contributed by atoms with Gasteiger partial charge in [0.25, 0.3) is 0 Å². The van der Waals surface area contributed by atoms with Gasteiger partial charge in [-0.25, -0.2) is 4.79 Å². The lowest BCUT2D eigenvalue weighted by atomic mass is 10.1. The molecule has 0 aromatic heterocycles. The topological polar surface area (TPSA) is 75.2 Å². The number of hydrogen-bond donors (Lipinski definition) is 2. The Bertz CT molecular complexity index is 744. The summed E-state index contributed by atoms with van der Waals surface area (Å²) < 4.78 is 11.1. The van der Waals surface area contributed by atoms with Crippen molar-refractivity contribution in [1.82, 2.24) is 15.5 Å². The Kier molecular flexibility index (Phi) is 9.06. The number of ether oxygens (including phenoxy) is 2. The number of nitrogens with zero attached hydrogens (tertiary/aromatic N) is 2. The van der Waals surface area contributed by atoms with Crippen LogP contribution in [0.25, 0.3) is 0 Å². The van der Waals surface area contributed by atoms with Crippen LogP contribution >= 0.6 is 24.0 Å². The molecule has 1 aliphatic heterocycles. The highest BCUT2D eigenvalue weighted by Gasteiger charge is 2.34. The lowest BCUT2D eigenvalue weighted by molar-refractivity contribution is 0.0238. The molecule has 3 rings (SSSR count). The molecule has 0 radical (unpaired) electrons. The van der Waals surface area contributed by atoms with Gasteiger partial charge in [0.05, 0.1) is 6.61 Å². The van der Waals surface area contributed by atoms with Crippen LogP contribution in [0.15, 0.2) is 23.2 Å². The first-order chi connectivity index (χ1) is 13.9. The lowest BCUT2D eigenvalue weighted by Gasteiger charge is -2.27. The summed E-state index contributed by atoms with van der Waals surface area (Å²) in [5, 5.41) is 6.64. The zero-order valence-corrected chi connectivity index (χ0v) is 20.8. The highest BCUT2D eigenvalue weighted by molar-refractivity contribution is 14.0. The number of rotatable bonds is 7. The van der Waals surface area contributed by atoms with Crippen molar-refractivity contribution in [3.05, 3.63) is 29.3 Å². The second-order valence-electron chi connectivity index (χ2n) is 8.62. The summed E-state index contributed by atoms with van der Waals surface area (Å²) in [6.07, 6.45) is 3.79. The van der Waals surface area contributed by atoms with Crippen molar-refractivity contribution in [3.63, 3.8) is 0 Å². The van der Waals surface area contributed by atoms with Crippen molar-refractivity contribution >= 4 is 36.0 Å². The highest BCUT2D eigenvalue weighted by atomic mass is 127. The zero-order valence-electron chi connectivity index (χ0n) is 18.5. The molecule has 8 heteroatoms. The molecule has 1 amide bonds. The van der Waals surface area contributed by atoms with Gasteiger partial charge in [0, 0.05) is 39.1 Å². The third-order valence-corrected chi connectivity index (χ3v) is 4.94. The number of guanidine groups is 1. The maximum Gasteiger partial charge on any atom is 0.410 e. The molecule has 1 saturated carbocycles. The minimum Gasteiger partial charge on any atom is -0.493 e. The van der Waals surface area contributed by atoms with Gasteiger partial charge in [-0.1, -0.05) is 12.1 Å². The van der Waals surface area contributed by atoms with Crippen LogP contribution in [0.2, 0.25) is 0 Å². The maximum absolute atomic E-state index is 12.4. The van der Waals surface area contributed by atoms with Crippen LogP contribution in [0.4, 0.5) is 4.79 Å². The van der Waals surface area contributed by atoms with E-state index in [0.717, 1.165) is 50.5 Å². The molecule has 0 atom stereocenters. The van der Waals surface area contributed by atoms with E-state index in [4.69, 9.17) is 9.47 Å². The van der Waals surface area contributed by atoms with E-state index in [1.165, 1.54) is 11.1 Å². The van der Waals surface area contributed by atoms with E-state index in [-0.39, 0.29) is 30.1 Å². The number of carbonyl (C=O) groups excluding carboxylic acids is 1. The van der Waals surface area contributed by atoms with Gasteiger partial charge in [0.1, 0.15) is 11.4 Å². The summed E-state index contributed by atoms with van der Waals surface area (Å²) in [5.74, 6) is 1.76. The number of nitrogens with one attached hydrogen (secondary N) is 2. The Balaban J connectivity index is 0.00000320. The normalized spacial score (nSPS) is 15.5. The summed E-state index contributed by atoms with van der Waals surface area (Å²) in [4.78, 5) is 18.5. The Morgan fingerprint density at radius 1 is 1.27 bits per heavy atom. The first kappa shape index (κ1) is 24.6. The van der Waals surface area contributed by atoms with E-state index in [1.54, 1.807) is 7.05 Å². The summed E-state index contributed by atoms with van der Waals surface area (Å²) in [5.41, 5.74) is 2.12. The Morgan fingerprint density at radius 2 is 2.00 bits per heavy atom. The predicted molar refractivity (Wildman–Crippen MR) is 130 cm³/mol. The molecule has 168 valence electrons. The van der Waals surface area contributed by atoms with E-state index < -0.39 is 5.60 Å². The predicted octanol–water partition coefficient (Wildman–Crippen LogP) is 3.35. The fraction of sp³-hybridized carbons (Fsp3) is 0.636. The van der Waals surface area contributed by atoms with Gasteiger partial charge in [-0.3, -0.25) is 4.99 Å². The third kappa shape index (κ3) is 7.52. The van der Waals surface area contributed by atoms with E-state index >= 15 is 0 Å². The smallest absolute Gasteiger partial charge is 0.410 e. The molecule has 1 fully saturated rings. The lowest BCUT2D eigenvalue weighted by Crippen LogP contribution is -2.45. The van der Waals surface area contributed by atoms with Crippen LogP contribution in [0.5, 0.6) is 5.75 Å². The van der Waals surface area contributed by atoms with E-state index in [0.29, 0.717) is 19.1 Å². The van der Waals surface area contributed by atoms with Crippen LogP contribution in [0.3, 0.4) is 0 Å². The molecule has 0 unspecified atom stereocenters. The van der Waals surface area contributed by atoms with Crippen molar-refractivity contribution in [3.8, 4) is 5.75 Å². The molecule has 1 heterocycles. The number of fused-ring (bicyclic) bond motifs is 1. The van der Waals surface area contributed by atoms with Crippen molar-refractivity contribution < 1.29 is 14.3 Å². The first-order valence-electron chi connectivity index (χ1n) is 10.5. The van der Waals surface area contributed by atoms with Crippen LogP contribution in [-0.2, 0) is 17.6 Å². The third-order valence-electron chi connectivity index (χ3n) is 4.94. The number of benzene rings is 1. The summed E-state index contributed by atoms with van der Waals surface area (Å²) in [7, 11) is 1.76. The van der Waals surface area contributed by atoms with Gasteiger partial charge in [0.2, 0.25) is 0 Å².